The highest BCUT2D eigenvalue weighted by Gasteiger charge is 2.29. The lowest BCUT2D eigenvalue weighted by atomic mass is 10.0. The number of alkyl halides is 2. The predicted octanol–water partition coefficient (Wildman–Crippen LogP) is 5.63. The van der Waals surface area contributed by atoms with Crippen molar-refractivity contribution in [3.8, 4) is 16.9 Å². The van der Waals surface area contributed by atoms with Crippen molar-refractivity contribution in [1.29, 1.82) is 0 Å². The van der Waals surface area contributed by atoms with Crippen molar-refractivity contribution in [1.82, 2.24) is 19.9 Å². The number of hydrogen-bond donors (Lipinski definition) is 1. The summed E-state index contributed by atoms with van der Waals surface area (Å²) in [4.78, 5) is 29.6. The van der Waals surface area contributed by atoms with Crippen LogP contribution in [0, 0.1) is 12.7 Å². The summed E-state index contributed by atoms with van der Waals surface area (Å²) in [6, 6.07) is 11.9. The van der Waals surface area contributed by atoms with E-state index in [9.17, 15) is 18.0 Å². The minimum atomic E-state index is -2.91. The Balaban J connectivity index is 1.32. The Morgan fingerprint density at radius 1 is 1.17 bits per heavy atom. The van der Waals surface area contributed by atoms with Crippen molar-refractivity contribution >= 4 is 28.7 Å². The van der Waals surface area contributed by atoms with Crippen molar-refractivity contribution in [2.75, 3.05) is 37.5 Å². The van der Waals surface area contributed by atoms with Gasteiger partial charge in [0, 0.05) is 50.0 Å². The number of rotatable bonds is 8. The Kier molecular flexibility index (Phi) is 8.20. The Bertz CT molecular complexity index is 1550. The molecule has 1 N–H and O–H groups in total. The first-order valence-electron chi connectivity index (χ1n) is 13.0. The summed E-state index contributed by atoms with van der Waals surface area (Å²) >= 11 is 0. The van der Waals surface area contributed by atoms with Crippen LogP contribution in [0.25, 0.3) is 22.2 Å². The molecular weight excluding hydrogens is 537 g/mol. The standard InChI is InChI=1S/C29H29F3N6O3/c1-17-10-24(30)25(35-29(39)38-9-8-22(16-38)41-27(31)32)12-23(17)19-11-20-14-34-28(36-26(20)33-13-19)37(2)15-18-4-6-21(40-3)7-5-18/h4-7,10-14,22,27H,8-9,15-16H2,1-3H3,(H,35,39)/t22-/m0/s1. The van der Waals surface area contributed by atoms with Gasteiger partial charge in [0.05, 0.1) is 18.9 Å². The average molecular weight is 567 g/mol. The second-order valence-corrected chi connectivity index (χ2v) is 9.84. The van der Waals surface area contributed by atoms with Gasteiger partial charge < -0.3 is 24.6 Å². The van der Waals surface area contributed by atoms with Crippen molar-refractivity contribution in [2.24, 2.45) is 0 Å². The molecule has 41 heavy (non-hydrogen) atoms. The fraction of sp³-hybridized carbons (Fsp3) is 0.310. The van der Waals surface area contributed by atoms with E-state index in [1.54, 1.807) is 26.4 Å². The number of nitrogens with one attached hydrogen (secondary N) is 1. The third kappa shape index (κ3) is 6.49. The van der Waals surface area contributed by atoms with E-state index >= 15 is 0 Å². The van der Waals surface area contributed by atoms with Crippen LogP contribution in [-0.4, -0.2) is 65.8 Å². The van der Waals surface area contributed by atoms with E-state index in [2.05, 4.69) is 25.0 Å². The van der Waals surface area contributed by atoms with Gasteiger partial charge in [-0.05, 0) is 60.4 Å². The number of benzene rings is 2. The molecule has 0 saturated carbocycles. The SMILES string of the molecule is COc1ccc(CN(C)c2ncc3cc(-c4cc(NC(=O)N5CC[C@H](OC(F)F)C5)c(F)cc4C)cnc3n2)cc1. The quantitative estimate of drug-likeness (QED) is 0.296. The fourth-order valence-corrected chi connectivity index (χ4v) is 4.76. The summed E-state index contributed by atoms with van der Waals surface area (Å²) in [7, 11) is 3.52. The minimum absolute atomic E-state index is 0.00236. The monoisotopic (exact) mass is 566 g/mol. The molecule has 0 radical (unpaired) electrons. The molecule has 1 aliphatic heterocycles. The van der Waals surface area contributed by atoms with Gasteiger partial charge in [-0.3, -0.25) is 0 Å². The van der Waals surface area contributed by atoms with Crippen LogP contribution < -0.4 is 15.0 Å². The smallest absolute Gasteiger partial charge is 0.345 e. The highest BCUT2D eigenvalue weighted by atomic mass is 19.3. The van der Waals surface area contributed by atoms with Crippen LogP contribution in [-0.2, 0) is 11.3 Å². The van der Waals surface area contributed by atoms with Gasteiger partial charge in [-0.25, -0.2) is 19.2 Å². The average Bonchev–Trinajstić information content (AvgIpc) is 3.42. The molecule has 0 unspecified atom stereocenters. The highest BCUT2D eigenvalue weighted by Crippen LogP contribution is 2.31. The van der Waals surface area contributed by atoms with Gasteiger partial charge in [-0.15, -0.1) is 0 Å². The predicted molar refractivity (Wildman–Crippen MR) is 149 cm³/mol. The lowest BCUT2D eigenvalue weighted by molar-refractivity contribution is -0.158. The lowest BCUT2D eigenvalue weighted by Crippen LogP contribution is -2.34. The zero-order valence-electron chi connectivity index (χ0n) is 22.8. The molecule has 9 nitrogen and oxygen atoms in total. The van der Waals surface area contributed by atoms with Gasteiger partial charge in [0.1, 0.15) is 11.6 Å². The first-order chi connectivity index (χ1) is 19.7. The Morgan fingerprint density at radius 2 is 1.95 bits per heavy atom. The molecule has 12 heteroatoms. The maximum atomic E-state index is 14.8. The minimum Gasteiger partial charge on any atom is -0.497 e. The third-order valence-electron chi connectivity index (χ3n) is 6.93. The number of methoxy groups -OCH3 is 1. The molecule has 2 aromatic carbocycles. The largest absolute Gasteiger partial charge is 0.497 e. The van der Waals surface area contributed by atoms with Gasteiger partial charge >= 0.3 is 12.6 Å². The Hall–Kier alpha value is -4.45. The molecule has 2 amide bonds. The number of urea groups is 1. The summed E-state index contributed by atoms with van der Waals surface area (Å²) in [6.07, 6.45) is 2.85. The molecule has 214 valence electrons. The number of aryl methyl sites for hydroxylation is 1. The van der Waals surface area contributed by atoms with E-state index in [4.69, 9.17) is 4.74 Å². The zero-order chi connectivity index (χ0) is 29.1. The summed E-state index contributed by atoms with van der Waals surface area (Å²) < 4.78 is 49.5. The molecule has 3 heterocycles. The number of aromatic nitrogens is 3. The fourth-order valence-electron chi connectivity index (χ4n) is 4.76. The van der Waals surface area contributed by atoms with Gasteiger partial charge in [-0.2, -0.15) is 13.8 Å². The molecule has 1 atom stereocenters. The third-order valence-corrected chi connectivity index (χ3v) is 6.93. The molecule has 1 aliphatic rings. The number of carbonyl (C=O) groups is 1. The lowest BCUT2D eigenvalue weighted by Gasteiger charge is -2.19. The van der Waals surface area contributed by atoms with Crippen LogP contribution in [0.2, 0.25) is 0 Å². The van der Waals surface area contributed by atoms with Gasteiger partial charge in [0.25, 0.3) is 0 Å². The normalized spacial score (nSPS) is 15.0. The van der Waals surface area contributed by atoms with Crippen molar-refractivity contribution < 1.29 is 27.4 Å². The van der Waals surface area contributed by atoms with E-state index in [0.717, 1.165) is 11.3 Å². The Labute approximate surface area is 234 Å². The number of ether oxygens (including phenoxy) is 2. The molecule has 4 aromatic rings. The van der Waals surface area contributed by atoms with Gasteiger partial charge in [0.15, 0.2) is 5.65 Å². The summed E-state index contributed by atoms with van der Waals surface area (Å²) in [5, 5.41) is 3.25. The molecule has 0 bridgehead atoms. The van der Waals surface area contributed by atoms with Crippen LogP contribution >= 0.6 is 0 Å². The maximum absolute atomic E-state index is 14.8. The van der Waals surface area contributed by atoms with E-state index in [1.165, 1.54) is 17.0 Å². The number of amides is 2. The van der Waals surface area contributed by atoms with Crippen molar-refractivity contribution in [3.05, 3.63) is 71.8 Å². The highest BCUT2D eigenvalue weighted by molar-refractivity contribution is 5.91. The van der Waals surface area contributed by atoms with Crippen LogP contribution in [0.15, 0.2) is 54.9 Å². The van der Waals surface area contributed by atoms with Gasteiger partial charge in [-0.1, -0.05) is 12.1 Å². The second kappa shape index (κ2) is 12.0. The number of likely N-dealkylation sites (tertiary alicyclic amines) is 1. The molecule has 1 saturated heterocycles. The number of hydrogen-bond acceptors (Lipinski definition) is 7. The molecule has 1 fully saturated rings. The number of nitrogens with zero attached hydrogens (tertiary/aromatic N) is 5. The summed E-state index contributed by atoms with van der Waals surface area (Å²) in [6.45, 7) is -0.325. The molecule has 0 aliphatic carbocycles. The maximum Gasteiger partial charge on any atom is 0.345 e. The molecule has 0 spiro atoms. The molecule has 2 aromatic heterocycles. The zero-order valence-corrected chi connectivity index (χ0v) is 22.8. The van der Waals surface area contributed by atoms with E-state index in [0.29, 0.717) is 40.2 Å². The number of halogens is 3. The first-order valence-corrected chi connectivity index (χ1v) is 13.0. The number of pyridine rings is 1. The van der Waals surface area contributed by atoms with E-state index in [-0.39, 0.29) is 25.2 Å². The summed E-state index contributed by atoms with van der Waals surface area (Å²) in [5.74, 6) is 0.687. The summed E-state index contributed by atoms with van der Waals surface area (Å²) in [5.41, 5.74) is 3.55. The Morgan fingerprint density at radius 3 is 2.68 bits per heavy atom. The second-order valence-electron chi connectivity index (χ2n) is 9.84. The topological polar surface area (TPSA) is 92.7 Å². The number of fused-ring (bicyclic) bond motifs is 1. The van der Waals surface area contributed by atoms with E-state index in [1.807, 2.05) is 42.3 Å². The van der Waals surface area contributed by atoms with Crippen LogP contribution in [0.4, 0.5) is 29.6 Å². The van der Waals surface area contributed by atoms with Crippen molar-refractivity contribution in [2.45, 2.75) is 32.6 Å². The van der Waals surface area contributed by atoms with Gasteiger partial charge in [0.2, 0.25) is 5.95 Å². The molecule has 5 rings (SSSR count). The molecular formula is C29H29F3N6O3. The van der Waals surface area contributed by atoms with Crippen LogP contribution in [0.1, 0.15) is 17.5 Å². The van der Waals surface area contributed by atoms with E-state index < -0.39 is 24.6 Å². The first kappa shape index (κ1) is 28.1. The van der Waals surface area contributed by atoms with Crippen LogP contribution in [0.3, 0.4) is 0 Å². The van der Waals surface area contributed by atoms with Crippen molar-refractivity contribution in [3.63, 3.8) is 0 Å². The number of carbonyl (C=O) groups excluding carboxylic acids is 1. The number of anilines is 2. The van der Waals surface area contributed by atoms with Crippen LogP contribution in [0.5, 0.6) is 5.75 Å².